The Kier molecular flexibility index (Phi) is 3.53. The summed E-state index contributed by atoms with van der Waals surface area (Å²) in [4.78, 5) is 20.8. The molecule has 0 aliphatic carbocycles. The van der Waals surface area contributed by atoms with Gasteiger partial charge in [-0.2, -0.15) is 0 Å². The summed E-state index contributed by atoms with van der Waals surface area (Å²) in [5.41, 5.74) is 0. The van der Waals surface area contributed by atoms with Gasteiger partial charge in [0.1, 0.15) is 12.1 Å². The first-order chi connectivity index (χ1) is 4.95. The van der Waals surface area contributed by atoms with Crippen LogP contribution in [-0.2, 0) is 9.59 Å². The first-order valence-corrected chi connectivity index (χ1v) is 3.16. The highest BCUT2D eigenvalue weighted by molar-refractivity contribution is 5.85. The largest absolute Gasteiger partial charge is 0.480 e. The van der Waals surface area contributed by atoms with Gasteiger partial charge in [-0.05, 0) is 13.8 Å². The second-order valence-electron chi connectivity index (χ2n) is 2.24. The fourth-order valence-electron chi connectivity index (χ4n) is 0.396. The Balaban J connectivity index is 3.85. The van der Waals surface area contributed by atoms with Crippen molar-refractivity contribution in [2.45, 2.75) is 26.0 Å². The fraction of sp³-hybridized carbons (Fsp3) is 0.667. The van der Waals surface area contributed by atoms with Crippen molar-refractivity contribution >= 4 is 11.9 Å². The molecule has 3 N–H and O–H groups in total. The standard InChI is InChI=1S/C6H11NO4/c1-3(6(10)11)7-5(9)4(2)8/h3-4,8H,1-2H3,(H,7,9)(H,10,11)/t3-,4-/m0/s1. The van der Waals surface area contributed by atoms with E-state index in [1.165, 1.54) is 13.8 Å². The summed E-state index contributed by atoms with van der Waals surface area (Å²) >= 11 is 0. The number of hydrogen-bond donors (Lipinski definition) is 3. The lowest BCUT2D eigenvalue weighted by molar-refractivity contribution is -0.142. The van der Waals surface area contributed by atoms with Crippen molar-refractivity contribution in [1.29, 1.82) is 0 Å². The topological polar surface area (TPSA) is 86.6 Å². The Labute approximate surface area is 64.0 Å². The van der Waals surface area contributed by atoms with E-state index in [0.29, 0.717) is 0 Å². The molecule has 0 radical (unpaired) electrons. The molecule has 0 rings (SSSR count). The van der Waals surface area contributed by atoms with Gasteiger partial charge in [-0.1, -0.05) is 0 Å². The molecule has 1 amide bonds. The van der Waals surface area contributed by atoms with Crippen LogP contribution in [0.25, 0.3) is 0 Å². The number of rotatable bonds is 3. The lowest BCUT2D eigenvalue weighted by atomic mass is 10.3. The molecule has 2 atom stereocenters. The summed E-state index contributed by atoms with van der Waals surface area (Å²) in [6.45, 7) is 2.59. The fourth-order valence-corrected chi connectivity index (χ4v) is 0.396. The molecule has 0 aliphatic heterocycles. The molecule has 0 aromatic rings. The molecule has 64 valence electrons. The third-order valence-electron chi connectivity index (χ3n) is 1.11. The van der Waals surface area contributed by atoms with E-state index in [2.05, 4.69) is 5.32 Å². The van der Waals surface area contributed by atoms with Crippen molar-refractivity contribution in [1.82, 2.24) is 5.32 Å². The second-order valence-corrected chi connectivity index (χ2v) is 2.24. The van der Waals surface area contributed by atoms with Gasteiger partial charge < -0.3 is 15.5 Å². The molecule has 5 heteroatoms. The van der Waals surface area contributed by atoms with E-state index < -0.39 is 24.0 Å². The minimum Gasteiger partial charge on any atom is -0.480 e. The molecule has 0 aromatic carbocycles. The molecule has 0 bridgehead atoms. The van der Waals surface area contributed by atoms with Gasteiger partial charge in [-0.15, -0.1) is 0 Å². The Hall–Kier alpha value is -1.10. The molecule has 0 fully saturated rings. The summed E-state index contributed by atoms with van der Waals surface area (Å²) in [7, 11) is 0. The van der Waals surface area contributed by atoms with Crippen LogP contribution in [0.4, 0.5) is 0 Å². The zero-order valence-corrected chi connectivity index (χ0v) is 6.37. The molecule has 0 aromatic heterocycles. The molecule has 0 heterocycles. The van der Waals surface area contributed by atoms with Crippen LogP contribution in [0.15, 0.2) is 0 Å². The minimum atomic E-state index is -1.17. The predicted molar refractivity (Wildman–Crippen MR) is 36.9 cm³/mol. The number of hydrogen-bond acceptors (Lipinski definition) is 3. The lowest BCUT2D eigenvalue weighted by Gasteiger charge is -2.09. The first kappa shape index (κ1) is 9.90. The Bertz CT molecular complexity index is 166. The number of amides is 1. The predicted octanol–water partition coefficient (Wildman–Crippen LogP) is -1.04. The number of carboxylic acids is 1. The highest BCUT2D eigenvalue weighted by Crippen LogP contribution is 1.84. The number of aliphatic carboxylic acids is 1. The monoisotopic (exact) mass is 161 g/mol. The molecular weight excluding hydrogens is 150 g/mol. The molecule has 11 heavy (non-hydrogen) atoms. The molecule has 0 aliphatic rings. The van der Waals surface area contributed by atoms with E-state index in [1.54, 1.807) is 0 Å². The summed E-state index contributed by atoms with van der Waals surface area (Å²) in [6.07, 6.45) is -1.17. The van der Waals surface area contributed by atoms with Crippen molar-refractivity contribution in [3.8, 4) is 0 Å². The van der Waals surface area contributed by atoms with Gasteiger partial charge in [0.05, 0.1) is 0 Å². The second kappa shape index (κ2) is 3.92. The average molecular weight is 161 g/mol. The van der Waals surface area contributed by atoms with Gasteiger partial charge >= 0.3 is 5.97 Å². The van der Waals surface area contributed by atoms with Gasteiger partial charge in [-0.25, -0.2) is 0 Å². The molecule has 0 unspecified atom stereocenters. The number of carbonyl (C=O) groups is 2. The Morgan fingerprint density at radius 3 is 2.09 bits per heavy atom. The molecule has 0 saturated carbocycles. The van der Waals surface area contributed by atoms with Crippen molar-refractivity contribution in [3.63, 3.8) is 0 Å². The highest BCUT2D eigenvalue weighted by atomic mass is 16.4. The maximum atomic E-state index is 10.6. The van der Waals surface area contributed by atoms with Crippen molar-refractivity contribution in [2.75, 3.05) is 0 Å². The summed E-state index contributed by atoms with van der Waals surface area (Å²) in [5, 5.41) is 19.1. The SMILES string of the molecule is C[C@H](O)C(=O)N[C@@H](C)C(=O)O. The smallest absolute Gasteiger partial charge is 0.325 e. The van der Waals surface area contributed by atoms with Gasteiger partial charge in [0.2, 0.25) is 5.91 Å². The number of carbonyl (C=O) groups excluding carboxylic acids is 1. The van der Waals surface area contributed by atoms with Crippen LogP contribution in [-0.4, -0.2) is 34.2 Å². The van der Waals surface area contributed by atoms with Gasteiger partial charge in [0, 0.05) is 0 Å². The van der Waals surface area contributed by atoms with E-state index in [1.807, 2.05) is 0 Å². The van der Waals surface area contributed by atoms with Gasteiger partial charge in [0.15, 0.2) is 0 Å². The average Bonchev–Trinajstić information content (AvgIpc) is 1.87. The zero-order chi connectivity index (χ0) is 9.02. The summed E-state index contributed by atoms with van der Waals surface area (Å²) in [6, 6.07) is -0.961. The highest BCUT2D eigenvalue weighted by Gasteiger charge is 2.16. The lowest BCUT2D eigenvalue weighted by Crippen LogP contribution is -2.42. The first-order valence-electron chi connectivity index (χ1n) is 3.16. The van der Waals surface area contributed by atoms with Crippen LogP contribution in [0, 0.1) is 0 Å². The maximum Gasteiger partial charge on any atom is 0.325 e. The van der Waals surface area contributed by atoms with Crippen molar-refractivity contribution < 1.29 is 19.8 Å². The quantitative estimate of drug-likeness (QED) is 0.493. The molecule has 0 saturated heterocycles. The van der Waals surface area contributed by atoms with Gasteiger partial charge in [0.25, 0.3) is 0 Å². The zero-order valence-electron chi connectivity index (χ0n) is 6.37. The van der Waals surface area contributed by atoms with E-state index >= 15 is 0 Å². The Morgan fingerprint density at radius 1 is 1.36 bits per heavy atom. The van der Waals surface area contributed by atoms with Crippen LogP contribution in [0.2, 0.25) is 0 Å². The van der Waals surface area contributed by atoms with Gasteiger partial charge in [-0.3, -0.25) is 9.59 Å². The van der Waals surface area contributed by atoms with E-state index in [-0.39, 0.29) is 0 Å². The minimum absolute atomic E-state index is 0.681. The number of carboxylic acid groups (broad SMARTS) is 1. The summed E-state index contributed by atoms with van der Waals surface area (Å²) < 4.78 is 0. The molecular formula is C6H11NO4. The molecule has 5 nitrogen and oxygen atoms in total. The third-order valence-corrected chi connectivity index (χ3v) is 1.11. The normalized spacial score (nSPS) is 15.2. The number of aliphatic hydroxyl groups excluding tert-OH is 1. The van der Waals surface area contributed by atoms with Crippen molar-refractivity contribution in [2.24, 2.45) is 0 Å². The van der Waals surface area contributed by atoms with Crippen LogP contribution >= 0.6 is 0 Å². The van der Waals surface area contributed by atoms with Crippen molar-refractivity contribution in [3.05, 3.63) is 0 Å². The number of nitrogens with one attached hydrogen (secondary N) is 1. The summed E-state index contributed by atoms with van der Waals surface area (Å²) in [5.74, 6) is -1.81. The van der Waals surface area contributed by atoms with Crippen LogP contribution < -0.4 is 5.32 Å². The maximum absolute atomic E-state index is 10.6. The Morgan fingerprint density at radius 2 is 1.82 bits per heavy atom. The van der Waals surface area contributed by atoms with E-state index in [0.717, 1.165) is 0 Å². The van der Waals surface area contributed by atoms with E-state index in [4.69, 9.17) is 10.2 Å². The number of aliphatic hydroxyl groups is 1. The van der Waals surface area contributed by atoms with Crippen LogP contribution in [0.3, 0.4) is 0 Å². The van der Waals surface area contributed by atoms with Crippen LogP contribution in [0.5, 0.6) is 0 Å². The molecule has 0 spiro atoms. The van der Waals surface area contributed by atoms with Crippen LogP contribution in [0.1, 0.15) is 13.8 Å². The van der Waals surface area contributed by atoms with E-state index in [9.17, 15) is 9.59 Å². The third kappa shape index (κ3) is 3.57.